The highest BCUT2D eigenvalue weighted by atomic mass is 16.5. The molecule has 1 amide bonds. The number of hydrogen-bond acceptors (Lipinski definition) is 4. The van der Waals surface area contributed by atoms with E-state index in [0.717, 1.165) is 30.9 Å². The van der Waals surface area contributed by atoms with Crippen molar-refractivity contribution in [3.8, 4) is 5.75 Å². The Morgan fingerprint density at radius 1 is 1.44 bits per heavy atom. The molecule has 1 aromatic rings. The molecule has 0 aromatic heterocycles. The fourth-order valence-corrected chi connectivity index (χ4v) is 1.81. The van der Waals surface area contributed by atoms with Gasteiger partial charge in [0.2, 0.25) is 5.91 Å². The van der Waals surface area contributed by atoms with Gasteiger partial charge < -0.3 is 20.5 Å². The third-order valence-corrected chi connectivity index (χ3v) is 2.78. The van der Waals surface area contributed by atoms with Crippen LogP contribution >= 0.6 is 0 Å². The number of carbonyl (C=O) groups excluding carboxylic acids is 1. The maximum atomic E-state index is 11.1. The largest absolute Gasteiger partial charge is 0.491 e. The molecule has 18 heavy (non-hydrogen) atoms. The van der Waals surface area contributed by atoms with Crippen molar-refractivity contribution in [3.05, 3.63) is 24.3 Å². The van der Waals surface area contributed by atoms with Gasteiger partial charge in [0.05, 0.1) is 12.6 Å². The minimum absolute atomic E-state index is 0.0166. The van der Waals surface area contributed by atoms with Crippen molar-refractivity contribution in [3.63, 3.8) is 0 Å². The molecule has 5 heteroatoms. The van der Waals surface area contributed by atoms with Gasteiger partial charge in [-0.3, -0.25) is 4.79 Å². The third kappa shape index (κ3) is 3.72. The molecule has 2 rings (SSSR count). The van der Waals surface area contributed by atoms with Crippen LogP contribution in [-0.2, 0) is 9.53 Å². The summed E-state index contributed by atoms with van der Waals surface area (Å²) in [5.41, 5.74) is 5.93. The molecular formula is C13H18N2O3. The van der Waals surface area contributed by atoms with E-state index in [1.54, 1.807) is 12.1 Å². The van der Waals surface area contributed by atoms with Crippen molar-refractivity contribution in [1.29, 1.82) is 0 Å². The van der Waals surface area contributed by atoms with E-state index >= 15 is 0 Å². The lowest BCUT2D eigenvalue weighted by Crippen LogP contribution is -2.21. The lowest BCUT2D eigenvalue weighted by atomic mass is 10.2. The number of rotatable bonds is 5. The molecule has 5 nitrogen and oxygen atoms in total. The number of nitrogens with one attached hydrogen (secondary N) is 1. The summed E-state index contributed by atoms with van der Waals surface area (Å²) in [7, 11) is 0. The summed E-state index contributed by atoms with van der Waals surface area (Å²) in [6.07, 6.45) is 2.38. The van der Waals surface area contributed by atoms with Crippen LogP contribution in [0.25, 0.3) is 0 Å². The fourth-order valence-electron chi connectivity index (χ4n) is 1.81. The van der Waals surface area contributed by atoms with E-state index in [9.17, 15) is 4.79 Å². The Morgan fingerprint density at radius 2 is 2.22 bits per heavy atom. The van der Waals surface area contributed by atoms with Gasteiger partial charge in [-0.2, -0.15) is 0 Å². The highest BCUT2D eigenvalue weighted by molar-refractivity contribution is 5.92. The van der Waals surface area contributed by atoms with Crippen LogP contribution in [0.4, 0.5) is 5.69 Å². The lowest BCUT2D eigenvalue weighted by Gasteiger charge is -2.11. The van der Waals surface area contributed by atoms with Gasteiger partial charge in [-0.05, 0) is 37.1 Å². The molecule has 1 aliphatic rings. The van der Waals surface area contributed by atoms with Crippen LogP contribution in [0.5, 0.6) is 5.75 Å². The van der Waals surface area contributed by atoms with E-state index in [4.69, 9.17) is 15.2 Å². The highest BCUT2D eigenvalue weighted by Crippen LogP contribution is 2.18. The maximum absolute atomic E-state index is 11.1. The normalized spacial score (nSPS) is 18.6. The summed E-state index contributed by atoms with van der Waals surface area (Å²) in [6, 6.07) is 7.22. The van der Waals surface area contributed by atoms with Gasteiger partial charge in [-0.1, -0.05) is 0 Å². The van der Waals surface area contributed by atoms with Gasteiger partial charge in [-0.25, -0.2) is 0 Å². The zero-order chi connectivity index (χ0) is 12.8. The van der Waals surface area contributed by atoms with Gasteiger partial charge >= 0.3 is 0 Å². The maximum Gasteiger partial charge on any atom is 0.238 e. The Labute approximate surface area is 106 Å². The molecule has 1 unspecified atom stereocenters. The zero-order valence-corrected chi connectivity index (χ0v) is 10.2. The van der Waals surface area contributed by atoms with E-state index in [2.05, 4.69) is 5.32 Å². The molecule has 0 saturated carbocycles. The summed E-state index contributed by atoms with van der Waals surface area (Å²) in [5, 5.41) is 2.67. The molecule has 98 valence electrons. The number of benzene rings is 1. The van der Waals surface area contributed by atoms with Crippen molar-refractivity contribution < 1.29 is 14.3 Å². The van der Waals surface area contributed by atoms with E-state index in [1.807, 2.05) is 12.1 Å². The second-order valence-electron chi connectivity index (χ2n) is 4.22. The monoisotopic (exact) mass is 250 g/mol. The Balaban J connectivity index is 1.81. The zero-order valence-electron chi connectivity index (χ0n) is 10.2. The molecule has 1 atom stereocenters. The van der Waals surface area contributed by atoms with E-state index < -0.39 is 0 Å². The van der Waals surface area contributed by atoms with Crippen molar-refractivity contribution in [2.75, 3.05) is 25.1 Å². The summed E-state index contributed by atoms with van der Waals surface area (Å²) in [6.45, 7) is 1.39. The van der Waals surface area contributed by atoms with E-state index in [0.29, 0.717) is 6.61 Å². The summed E-state index contributed by atoms with van der Waals surface area (Å²) >= 11 is 0. The molecule has 3 N–H and O–H groups in total. The number of amides is 1. The second kappa shape index (κ2) is 6.37. The predicted octanol–water partition coefficient (Wildman–Crippen LogP) is 1.14. The van der Waals surface area contributed by atoms with Crippen LogP contribution in [0.1, 0.15) is 12.8 Å². The molecule has 0 bridgehead atoms. The molecule has 1 aliphatic heterocycles. The van der Waals surface area contributed by atoms with E-state index in [-0.39, 0.29) is 18.6 Å². The number of hydrogen-bond donors (Lipinski definition) is 2. The van der Waals surface area contributed by atoms with Crippen molar-refractivity contribution in [2.45, 2.75) is 18.9 Å². The van der Waals surface area contributed by atoms with Crippen LogP contribution in [0.3, 0.4) is 0 Å². The van der Waals surface area contributed by atoms with Crippen LogP contribution in [0.15, 0.2) is 24.3 Å². The molecule has 0 spiro atoms. The smallest absolute Gasteiger partial charge is 0.238 e. The molecule has 1 heterocycles. The van der Waals surface area contributed by atoms with Gasteiger partial charge in [0.1, 0.15) is 12.4 Å². The SMILES string of the molecule is NCC(=O)Nc1ccc(OCC2CCCO2)cc1. The van der Waals surface area contributed by atoms with E-state index in [1.165, 1.54) is 0 Å². The first kappa shape index (κ1) is 12.9. The first-order valence-electron chi connectivity index (χ1n) is 6.12. The first-order chi connectivity index (χ1) is 8.78. The Kier molecular flexibility index (Phi) is 4.55. The van der Waals surface area contributed by atoms with Crippen LogP contribution < -0.4 is 15.8 Å². The number of ether oxygens (including phenoxy) is 2. The first-order valence-corrected chi connectivity index (χ1v) is 6.12. The average Bonchev–Trinajstić information content (AvgIpc) is 2.91. The summed E-state index contributed by atoms with van der Waals surface area (Å²) in [5.74, 6) is 0.569. The Hall–Kier alpha value is -1.59. The lowest BCUT2D eigenvalue weighted by molar-refractivity contribution is -0.114. The molecule has 1 saturated heterocycles. The molecule has 0 aliphatic carbocycles. The number of nitrogens with two attached hydrogens (primary N) is 1. The van der Waals surface area contributed by atoms with Crippen molar-refractivity contribution in [1.82, 2.24) is 0 Å². The standard InChI is InChI=1S/C13H18N2O3/c14-8-13(16)15-10-3-5-11(6-4-10)18-9-12-2-1-7-17-12/h3-6,12H,1-2,7-9,14H2,(H,15,16). The number of carbonyl (C=O) groups is 1. The van der Waals surface area contributed by atoms with Gasteiger partial charge in [0.25, 0.3) is 0 Å². The molecule has 1 fully saturated rings. The predicted molar refractivity (Wildman–Crippen MR) is 68.6 cm³/mol. The average molecular weight is 250 g/mol. The van der Waals surface area contributed by atoms with Crippen molar-refractivity contribution in [2.24, 2.45) is 5.73 Å². The van der Waals surface area contributed by atoms with Crippen LogP contribution in [0.2, 0.25) is 0 Å². The van der Waals surface area contributed by atoms with Gasteiger partial charge in [0, 0.05) is 12.3 Å². The van der Waals surface area contributed by atoms with Crippen LogP contribution in [0, 0.1) is 0 Å². The van der Waals surface area contributed by atoms with Crippen LogP contribution in [-0.4, -0.2) is 31.8 Å². The van der Waals surface area contributed by atoms with Gasteiger partial charge in [0.15, 0.2) is 0 Å². The topological polar surface area (TPSA) is 73.6 Å². The molecule has 1 aromatic carbocycles. The Bertz CT molecular complexity index is 386. The molecular weight excluding hydrogens is 232 g/mol. The minimum atomic E-state index is -0.206. The second-order valence-corrected chi connectivity index (χ2v) is 4.22. The third-order valence-electron chi connectivity index (χ3n) is 2.78. The summed E-state index contributed by atoms with van der Waals surface area (Å²) in [4.78, 5) is 11.1. The van der Waals surface area contributed by atoms with Crippen molar-refractivity contribution >= 4 is 11.6 Å². The minimum Gasteiger partial charge on any atom is -0.491 e. The highest BCUT2D eigenvalue weighted by Gasteiger charge is 2.15. The molecule has 0 radical (unpaired) electrons. The van der Waals surface area contributed by atoms with Gasteiger partial charge in [-0.15, -0.1) is 0 Å². The number of anilines is 1. The fraction of sp³-hybridized carbons (Fsp3) is 0.462. The quantitative estimate of drug-likeness (QED) is 0.822. The Morgan fingerprint density at radius 3 is 2.83 bits per heavy atom. The summed E-state index contributed by atoms with van der Waals surface area (Å²) < 4.78 is 11.1.